The number of aromatic hydroxyl groups is 1. The fourth-order valence-corrected chi connectivity index (χ4v) is 1.62. The van der Waals surface area contributed by atoms with E-state index in [1.54, 1.807) is 0 Å². The van der Waals surface area contributed by atoms with Crippen LogP contribution in [0.4, 0.5) is 4.39 Å². The van der Waals surface area contributed by atoms with Gasteiger partial charge in [0.15, 0.2) is 17.3 Å². The van der Waals surface area contributed by atoms with Crippen molar-refractivity contribution in [2.24, 2.45) is 0 Å². The third kappa shape index (κ3) is 1.74. The smallest absolute Gasteiger partial charge is 0.165 e. The van der Waals surface area contributed by atoms with Crippen LogP contribution in [0.2, 0.25) is 0 Å². The largest absolute Gasteiger partial charge is 0.505 e. The molecule has 0 aliphatic heterocycles. The Hall–Kier alpha value is -0.650. The fraction of sp³-hybridized carbons (Fsp3) is 0.125. The average molecular weight is 280 g/mol. The molecule has 1 aromatic carbocycles. The molecule has 0 amide bonds. The molecule has 0 saturated carbocycles. The van der Waals surface area contributed by atoms with E-state index >= 15 is 0 Å². The Balaban J connectivity index is 3.33. The van der Waals surface area contributed by atoms with Crippen molar-refractivity contribution < 1.29 is 14.3 Å². The number of Topliss-reactive ketones (excluding diaryl/α,β-unsaturated/α-hetero) is 1. The van der Waals surface area contributed by atoms with Gasteiger partial charge >= 0.3 is 0 Å². The minimum Gasteiger partial charge on any atom is -0.505 e. The molecule has 0 unspecified atom stereocenters. The van der Waals surface area contributed by atoms with Crippen molar-refractivity contribution in [2.75, 3.05) is 0 Å². The van der Waals surface area contributed by atoms with Crippen LogP contribution in [0, 0.1) is 9.39 Å². The maximum Gasteiger partial charge on any atom is 0.165 e. The average Bonchev–Trinajstić information content (AvgIpc) is 1.96. The molecule has 0 saturated heterocycles. The summed E-state index contributed by atoms with van der Waals surface area (Å²) in [4.78, 5) is 10.9. The van der Waals surface area contributed by atoms with E-state index in [2.05, 4.69) is 0 Å². The maximum atomic E-state index is 12.7. The molecular formula is C8H6FIO2. The summed E-state index contributed by atoms with van der Waals surface area (Å²) in [6, 6.07) is 2.27. The summed E-state index contributed by atoms with van der Waals surface area (Å²) >= 11 is 1.85. The zero-order valence-electron chi connectivity index (χ0n) is 6.27. The van der Waals surface area contributed by atoms with E-state index < -0.39 is 11.6 Å². The second kappa shape index (κ2) is 3.38. The Morgan fingerprint density at radius 1 is 1.58 bits per heavy atom. The second-order valence-corrected chi connectivity index (χ2v) is 3.50. The van der Waals surface area contributed by atoms with E-state index in [1.165, 1.54) is 6.92 Å². The minimum atomic E-state index is -0.704. The van der Waals surface area contributed by atoms with Crippen LogP contribution >= 0.6 is 22.6 Å². The zero-order chi connectivity index (χ0) is 9.30. The third-order valence-electron chi connectivity index (χ3n) is 1.42. The molecule has 0 aliphatic rings. The Kier molecular flexibility index (Phi) is 2.66. The lowest BCUT2D eigenvalue weighted by molar-refractivity contribution is 0.101. The lowest BCUT2D eigenvalue weighted by atomic mass is 10.1. The number of hydrogen-bond acceptors (Lipinski definition) is 2. The Morgan fingerprint density at radius 3 is 2.67 bits per heavy atom. The predicted molar refractivity (Wildman–Crippen MR) is 50.8 cm³/mol. The van der Waals surface area contributed by atoms with E-state index in [4.69, 9.17) is 5.11 Å². The van der Waals surface area contributed by atoms with Crippen molar-refractivity contribution in [3.63, 3.8) is 0 Å². The fourth-order valence-electron chi connectivity index (χ4n) is 0.807. The monoisotopic (exact) mass is 280 g/mol. The van der Waals surface area contributed by atoms with E-state index in [1.807, 2.05) is 22.6 Å². The SMILES string of the molecule is CC(=O)c1cc(O)c(F)cc1I. The van der Waals surface area contributed by atoms with Gasteiger partial charge in [0.25, 0.3) is 0 Å². The molecule has 0 bridgehead atoms. The van der Waals surface area contributed by atoms with Crippen LogP contribution in [0.1, 0.15) is 17.3 Å². The van der Waals surface area contributed by atoms with E-state index in [-0.39, 0.29) is 5.78 Å². The van der Waals surface area contributed by atoms with E-state index in [0.717, 1.165) is 12.1 Å². The highest BCUT2D eigenvalue weighted by Gasteiger charge is 2.09. The molecule has 0 aliphatic carbocycles. The van der Waals surface area contributed by atoms with Crippen molar-refractivity contribution in [1.82, 2.24) is 0 Å². The summed E-state index contributed by atoms with van der Waals surface area (Å²) in [6.07, 6.45) is 0. The second-order valence-electron chi connectivity index (χ2n) is 2.34. The number of hydrogen-bond donors (Lipinski definition) is 1. The number of phenols is 1. The summed E-state index contributed by atoms with van der Waals surface area (Å²) in [6.45, 7) is 1.37. The molecule has 0 spiro atoms. The zero-order valence-corrected chi connectivity index (χ0v) is 8.42. The van der Waals surface area contributed by atoms with Gasteiger partial charge in [-0.2, -0.15) is 0 Å². The van der Waals surface area contributed by atoms with Gasteiger partial charge in [0.05, 0.1) is 0 Å². The van der Waals surface area contributed by atoms with Gasteiger partial charge in [-0.25, -0.2) is 4.39 Å². The van der Waals surface area contributed by atoms with Crippen molar-refractivity contribution >= 4 is 28.4 Å². The quantitative estimate of drug-likeness (QED) is 0.633. The van der Waals surface area contributed by atoms with Gasteiger partial charge < -0.3 is 5.11 Å². The number of carbonyl (C=O) groups excluding carboxylic acids is 1. The molecule has 0 fully saturated rings. The Bertz CT molecular complexity index is 336. The minimum absolute atomic E-state index is 0.185. The van der Waals surface area contributed by atoms with Crippen molar-refractivity contribution in [3.05, 3.63) is 27.1 Å². The maximum absolute atomic E-state index is 12.7. The summed E-state index contributed by atoms with van der Waals surface area (Å²) in [7, 11) is 0. The number of phenolic OH excluding ortho intramolecular Hbond substituents is 1. The number of carbonyl (C=O) groups is 1. The first-order chi connectivity index (χ1) is 5.52. The van der Waals surface area contributed by atoms with Crippen LogP contribution in [0.15, 0.2) is 12.1 Å². The molecular weight excluding hydrogens is 274 g/mol. The van der Waals surface area contributed by atoms with Crippen molar-refractivity contribution in [1.29, 1.82) is 0 Å². The summed E-state index contributed by atoms with van der Waals surface area (Å²) in [5.41, 5.74) is 0.342. The van der Waals surface area contributed by atoms with Gasteiger partial charge in [0, 0.05) is 9.13 Å². The Morgan fingerprint density at radius 2 is 2.17 bits per heavy atom. The number of halogens is 2. The number of benzene rings is 1. The molecule has 2 nitrogen and oxygen atoms in total. The predicted octanol–water partition coefficient (Wildman–Crippen LogP) is 2.34. The highest BCUT2D eigenvalue weighted by atomic mass is 127. The first kappa shape index (κ1) is 9.44. The van der Waals surface area contributed by atoms with Crippen LogP contribution in [0.25, 0.3) is 0 Å². The van der Waals surface area contributed by atoms with Gasteiger partial charge in [-0.15, -0.1) is 0 Å². The first-order valence-corrected chi connectivity index (χ1v) is 4.29. The number of rotatable bonds is 1. The lowest BCUT2D eigenvalue weighted by Crippen LogP contribution is -1.96. The molecule has 1 aromatic rings. The van der Waals surface area contributed by atoms with Gasteiger partial charge in [-0.3, -0.25) is 4.79 Å². The highest BCUT2D eigenvalue weighted by molar-refractivity contribution is 14.1. The summed E-state index contributed by atoms with van der Waals surface area (Å²) in [5, 5.41) is 8.94. The highest BCUT2D eigenvalue weighted by Crippen LogP contribution is 2.22. The molecule has 12 heavy (non-hydrogen) atoms. The molecule has 0 radical (unpaired) electrons. The lowest BCUT2D eigenvalue weighted by Gasteiger charge is -2.01. The normalized spacial score (nSPS) is 9.92. The summed E-state index contributed by atoms with van der Waals surface area (Å²) in [5.74, 6) is -1.38. The van der Waals surface area contributed by atoms with Gasteiger partial charge in [-0.05, 0) is 41.6 Å². The van der Waals surface area contributed by atoms with Crippen molar-refractivity contribution in [3.8, 4) is 5.75 Å². The standard InChI is InChI=1S/C8H6FIO2/c1-4(11)5-2-8(12)6(9)3-7(5)10/h2-3,12H,1H3. The molecule has 0 heterocycles. The third-order valence-corrected chi connectivity index (χ3v) is 2.31. The van der Waals surface area contributed by atoms with Gasteiger partial charge in [-0.1, -0.05) is 0 Å². The van der Waals surface area contributed by atoms with E-state index in [9.17, 15) is 9.18 Å². The van der Waals surface area contributed by atoms with Gasteiger partial charge in [0.2, 0.25) is 0 Å². The van der Waals surface area contributed by atoms with Gasteiger partial charge in [0.1, 0.15) is 0 Å². The number of ketones is 1. The van der Waals surface area contributed by atoms with Crippen LogP contribution in [0.5, 0.6) is 5.75 Å². The molecule has 4 heteroatoms. The molecule has 1 N–H and O–H groups in total. The molecule has 64 valence electrons. The first-order valence-electron chi connectivity index (χ1n) is 3.21. The van der Waals surface area contributed by atoms with Crippen LogP contribution in [0.3, 0.4) is 0 Å². The molecule has 0 aromatic heterocycles. The van der Waals surface area contributed by atoms with Crippen LogP contribution < -0.4 is 0 Å². The van der Waals surface area contributed by atoms with Crippen LogP contribution in [-0.2, 0) is 0 Å². The van der Waals surface area contributed by atoms with Crippen molar-refractivity contribution in [2.45, 2.75) is 6.92 Å². The molecule has 0 atom stereocenters. The molecule has 1 rings (SSSR count). The topological polar surface area (TPSA) is 37.3 Å². The van der Waals surface area contributed by atoms with Crippen LogP contribution in [-0.4, -0.2) is 10.9 Å². The van der Waals surface area contributed by atoms with E-state index in [0.29, 0.717) is 9.13 Å². The summed E-state index contributed by atoms with van der Waals surface area (Å²) < 4.78 is 13.2. The Labute approximate surface area is 82.5 Å².